The van der Waals surface area contributed by atoms with Gasteiger partial charge in [-0.2, -0.15) is 4.98 Å². The van der Waals surface area contributed by atoms with Crippen LogP contribution in [0.5, 0.6) is 0 Å². The number of aromatic nitrogens is 2. The van der Waals surface area contributed by atoms with Crippen LogP contribution in [0.2, 0.25) is 0 Å². The number of nitrogens with zero attached hydrogens (tertiary/aromatic N) is 4. The molecule has 3 aromatic rings. The van der Waals surface area contributed by atoms with Crippen LogP contribution in [-0.2, 0) is 0 Å². The molecule has 1 aromatic heterocycles. The summed E-state index contributed by atoms with van der Waals surface area (Å²) in [5.41, 5.74) is 3.60. The maximum Gasteiger partial charge on any atom is 0.244 e. The molecule has 2 aromatic carbocycles. The van der Waals surface area contributed by atoms with E-state index in [-0.39, 0.29) is 6.04 Å². The molecular weight excluding hydrogens is 324 g/mol. The molecular formula is C21H24N4O. The van der Waals surface area contributed by atoms with E-state index < -0.39 is 0 Å². The maximum atomic E-state index is 5.54. The Balaban J connectivity index is 1.41. The molecule has 4 rings (SSSR count). The Morgan fingerprint density at radius 2 is 1.73 bits per heavy atom. The third kappa shape index (κ3) is 3.48. The second-order valence-electron chi connectivity index (χ2n) is 6.86. The first-order valence-corrected chi connectivity index (χ1v) is 9.15. The highest BCUT2D eigenvalue weighted by atomic mass is 16.5. The summed E-state index contributed by atoms with van der Waals surface area (Å²) < 4.78 is 5.54. The van der Waals surface area contributed by atoms with Crippen molar-refractivity contribution in [1.82, 2.24) is 15.0 Å². The molecule has 0 bridgehead atoms. The van der Waals surface area contributed by atoms with E-state index in [4.69, 9.17) is 4.52 Å². The molecule has 5 heteroatoms. The molecule has 2 heterocycles. The quantitative estimate of drug-likeness (QED) is 0.715. The van der Waals surface area contributed by atoms with Gasteiger partial charge in [0.15, 0.2) is 0 Å². The van der Waals surface area contributed by atoms with Crippen molar-refractivity contribution in [1.29, 1.82) is 0 Å². The summed E-state index contributed by atoms with van der Waals surface area (Å²) in [5.74, 6) is 1.35. The topological polar surface area (TPSA) is 45.4 Å². The average Bonchev–Trinajstić information content (AvgIpc) is 3.18. The summed E-state index contributed by atoms with van der Waals surface area (Å²) in [7, 11) is 0. The molecule has 134 valence electrons. The third-order valence-corrected chi connectivity index (χ3v) is 5.06. The number of aryl methyl sites for hydroxylation is 1. The van der Waals surface area contributed by atoms with E-state index in [0.29, 0.717) is 11.7 Å². The van der Waals surface area contributed by atoms with Crippen LogP contribution in [-0.4, -0.2) is 41.2 Å². The van der Waals surface area contributed by atoms with Crippen LogP contribution in [0.15, 0.2) is 59.1 Å². The molecule has 0 aliphatic carbocycles. The van der Waals surface area contributed by atoms with E-state index in [1.54, 1.807) is 0 Å². The Bertz CT molecular complexity index is 853. The van der Waals surface area contributed by atoms with Gasteiger partial charge in [-0.1, -0.05) is 47.6 Å². The molecule has 1 aliphatic heterocycles. The SMILES string of the molecule is Cc1cccc(N2CCN(C(C)c3nc(-c4ccccc4)no3)CC2)c1. The minimum Gasteiger partial charge on any atom is -0.369 e. The number of anilines is 1. The van der Waals surface area contributed by atoms with Crippen LogP contribution >= 0.6 is 0 Å². The zero-order valence-corrected chi connectivity index (χ0v) is 15.3. The number of benzene rings is 2. The van der Waals surface area contributed by atoms with Gasteiger partial charge in [-0.05, 0) is 31.5 Å². The van der Waals surface area contributed by atoms with Crippen molar-refractivity contribution in [2.24, 2.45) is 0 Å². The van der Waals surface area contributed by atoms with Gasteiger partial charge in [0, 0.05) is 37.4 Å². The average molecular weight is 348 g/mol. The minimum absolute atomic E-state index is 0.125. The molecule has 0 radical (unpaired) electrons. The lowest BCUT2D eigenvalue weighted by Gasteiger charge is -2.38. The summed E-state index contributed by atoms with van der Waals surface area (Å²) >= 11 is 0. The molecule has 5 nitrogen and oxygen atoms in total. The van der Waals surface area contributed by atoms with E-state index in [1.807, 2.05) is 30.3 Å². The summed E-state index contributed by atoms with van der Waals surface area (Å²) in [6, 6.07) is 18.8. The highest BCUT2D eigenvalue weighted by Gasteiger charge is 2.26. The van der Waals surface area contributed by atoms with Gasteiger partial charge < -0.3 is 9.42 Å². The van der Waals surface area contributed by atoms with Crippen molar-refractivity contribution in [3.05, 3.63) is 66.1 Å². The fourth-order valence-electron chi connectivity index (χ4n) is 3.46. The smallest absolute Gasteiger partial charge is 0.244 e. The van der Waals surface area contributed by atoms with Gasteiger partial charge in [0.25, 0.3) is 0 Å². The van der Waals surface area contributed by atoms with E-state index in [9.17, 15) is 0 Å². The Kier molecular flexibility index (Phi) is 4.71. The standard InChI is InChI=1S/C21H24N4O/c1-16-7-6-10-19(15-16)25-13-11-24(12-14-25)17(2)21-22-20(23-26-21)18-8-4-3-5-9-18/h3-10,15,17H,11-14H2,1-2H3. The Morgan fingerprint density at radius 3 is 2.46 bits per heavy atom. The predicted octanol–water partition coefficient (Wildman–Crippen LogP) is 3.93. The molecule has 0 amide bonds. The summed E-state index contributed by atoms with van der Waals surface area (Å²) in [4.78, 5) is 9.47. The van der Waals surface area contributed by atoms with Gasteiger partial charge in [-0.25, -0.2) is 0 Å². The molecule has 1 atom stereocenters. The minimum atomic E-state index is 0.125. The highest BCUT2D eigenvalue weighted by molar-refractivity contribution is 5.53. The third-order valence-electron chi connectivity index (χ3n) is 5.06. The lowest BCUT2D eigenvalue weighted by molar-refractivity contribution is 0.164. The van der Waals surface area contributed by atoms with Crippen LogP contribution < -0.4 is 4.90 Å². The van der Waals surface area contributed by atoms with Crippen molar-refractivity contribution in [3.63, 3.8) is 0 Å². The van der Waals surface area contributed by atoms with Crippen LogP contribution in [0.3, 0.4) is 0 Å². The number of rotatable bonds is 4. The first kappa shape index (κ1) is 16.8. The van der Waals surface area contributed by atoms with E-state index in [0.717, 1.165) is 31.7 Å². The van der Waals surface area contributed by atoms with Gasteiger partial charge in [0.1, 0.15) is 0 Å². The first-order valence-electron chi connectivity index (χ1n) is 9.15. The van der Waals surface area contributed by atoms with Gasteiger partial charge in [0.2, 0.25) is 11.7 Å². The molecule has 0 saturated carbocycles. The maximum absolute atomic E-state index is 5.54. The highest BCUT2D eigenvalue weighted by Crippen LogP contribution is 2.25. The lowest BCUT2D eigenvalue weighted by Crippen LogP contribution is -2.47. The van der Waals surface area contributed by atoms with Crippen molar-refractivity contribution in [3.8, 4) is 11.4 Å². The number of piperazine rings is 1. The van der Waals surface area contributed by atoms with Gasteiger partial charge in [-0.15, -0.1) is 0 Å². The van der Waals surface area contributed by atoms with Crippen molar-refractivity contribution >= 4 is 5.69 Å². The molecule has 1 unspecified atom stereocenters. The van der Waals surface area contributed by atoms with E-state index >= 15 is 0 Å². The van der Waals surface area contributed by atoms with E-state index in [1.165, 1.54) is 11.3 Å². The summed E-state index contributed by atoms with van der Waals surface area (Å²) in [6.45, 7) is 8.27. The monoisotopic (exact) mass is 348 g/mol. The normalized spacial score (nSPS) is 16.6. The largest absolute Gasteiger partial charge is 0.369 e. The molecule has 0 spiro atoms. The predicted molar refractivity (Wildman–Crippen MR) is 103 cm³/mol. The number of hydrogen-bond acceptors (Lipinski definition) is 5. The Labute approximate surface area is 154 Å². The van der Waals surface area contributed by atoms with Crippen molar-refractivity contribution in [2.75, 3.05) is 31.1 Å². The molecule has 1 saturated heterocycles. The van der Waals surface area contributed by atoms with Gasteiger partial charge in [-0.3, -0.25) is 4.90 Å². The van der Waals surface area contributed by atoms with Crippen LogP contribution in [0.1, 0.15) is 24.4 Å². The summed E-state index contributed by atoms with van der Waals surface area (Å²) in [5, 5.41) is 4.15. The van der Waals surface area contributed by atoms with Crippen LogP contribution in [0.4, 0.5) is 5.69 Å². The van der Waals surface area contributed by atoms with Crippen LogP contribution in [0, 0.1) is 6.92 Å². The molecule has 26 heavy (non-hydrogen) atoms. The van der Waals surface area contributed by atoms with Crippen molar-refractivity contribution < 1.29 is 4.52 Å². The van der Waals surface area contributed by atoms with Gasteiger partial charge >= 0.3 is 0 Å². The Morgan fingerprint density at radius 1 is 0.962 bits per heavy atom. The second kappa shape index (κ2) is 7.30. The molecule has 0 N–H and O–H groups in total. The van der Waals surface area contributed by atoms with E-state index in [2.05, 4.69) is 58.1 Å². The van der Waals surface area contributed by atoms with Crippen molar-refractivity contribution in [2.45, 2.75) is 19.9 Å². The zero-order valence-electron chi connectivity index (χ0n) is 15.3. The number of hydrogen-bond donors (Lipinski definition) is 0. The zero-order chi connectivity index (χ0) is 17.9. The first-order chi connectivity index (χ1) is 12.7. The summed E-state index contributed by atoms with van der Waals surface area (Å²) in [6.07, 6.45) is 0. The molecule has 1 aliphatic rings. The fourth-order valence-corrected chi connectivity index (χ4v) is 3.46. The second-order valence-corrected chi connectivity index (χ2v) is 6.86. The fraction of sp³-hybridized carbons (Fsp3) is 0.333. The van der Waals surface area contributed by atoms with Gasteiger partial charge in [0.05, 0.1) is 6.04 Å². The molecule has 1 fully saturated rings. The Hall–Kier alpha value is -2.66. The lowest BCUT2D eigenvalue weighted by atomic mass is 10.1. The van der Waals surface area contributed by atoms with Crippen LogP contribution in [0.25, 0.3) is 11.4 Å².